The van der Waals surface area contributed by atoms with Gasteiger partial charge in [0.1, 0.15) is 11.6 Å². The summed E-state index contributed by atoms with van der Waals surface area (Å²) < 4.78 is 30.9. The van der Waals surface area contributed by atoms with Crippen molar-refractivity contribution in [1.29, 1.82) is 0 Å². The summed E-state index contributed by atoms with van der Waals surface area (Å²) >= 11 is 0. The number of rotatable bonds is 4. The molecule has 0 spiro atoms. The molecule has 2 heterocycles. The minimum atomic E-state index is -3.70. The minimum absolute atomic E-state index is 0.131. The van der Waals surface area contributed by atoms with Gasteiger partial charge in [0.25, 0.3) is 10.0 Å². The molecule has 0 atom stereocenters. The Hall–Kier alpha value is -1.83. The van der Waals surface area contributed by atoms with E-state index in [9.17, 15) is 8.42 Å². The Morgan fingerprint density at radius 3 is 2.41 bits per heavy atom. The first-order valence-corrected chi connectivity index (χ1v) is 8.64. The molecule has 0 fully saturated rings. The Bertz CT molecular complexity index is 781. The second-order valence-corrected chi connectivity index (χ2v) is 7.92. The lowest BCUT2D eigenvalue weighted by Crippen LogP contribution is -2.18. The number of aryl methyl sites for hydroxylation is 2. The van der Waals surface area contributed by atoms with E-state index in [1.807, 2.05) is 27.7 Å². The summed E-state index contributed by atoms with van der Waals surface area (Å²) in [5.74, 6) is 1.10. The molecule has 0 aliphatic carbocycles. The molecule has 2 aromatic heterocycles. The van der Waals surface area contributed by atoms with Crippen molar-refractivity contribution < 1.29 is 8.42 Å². The van der Waals surface area contributed by atoms with Crippen LogP contribution in [0, 0.1) is 6.92 Å². The van der Waals surface area contributed by atoms with Gasteiger partial charge < -0.3 is 4.57 Å². The standard InChI is InChI=1S/C14H23N5O2S/c1-7-19-12(8-11(16-19)14(3,4)5)17-22(20,21)13-9-15-10(2)18(13)6/h8-9,17H,7H2,1-6H3. The van der Waals surface area contributed by atoms with Crippen molar-refractivity contribution in [3.05, 3.63) is 23.8 Å². The molecule has 0 radical (unpaired) electrons. The Labute approximate surface area is 131 Å². The van der Waals surface area contributed by atoms with Crippen LogP contribution in [0.4, 0.5) is 5.82 Å². The van der Waals surface area contributed by atoms with Crippen LogP contribution in [0.1, 0.15) is 39.2 Å². The maximum atomic E-state index is 12.5. The first kappa shape index (κ1) is 16.5. The van der Waals surface area contributed by atoms with Gasteiger partial charge in [-0.3, -0.25) is 4.72 Å². The van der Waals surface area contributed by atoms with E-state index < -0.39 is 10.0 Å². The molecule has 7 nitrogen and oxygen atoms in total. The minimum Gasteiger partial charge on any atom is -0.321 e. The fourth-order valence-electron chi connectivity index (χ4n) is 2.03. The van der Waals surface area contributed by atoms with Crippen LogP contribution in [0.2, 0.25) is 0 Å². The van der Waals surface area contributed by atoms with Crippen molar-refractivity contribution in [2.24, 2.45) is 7.05 Å². The third kappa shape index (κ3) is 3.01. The van der Waals surface area contributed by atoms with E-state index >= 15 is 0 Å². The van der Waals surface area contributed by atoms with Crippen molar-refractivity contribution in [3.8, 4) is 0 Å². The van der Waals surface area contributed by atoms with Crippen LogP contribution < -0.4 is 4.72 Å². The van der Waals surface area contributed by atoms with E-state index in [0.717, 1.165) is 5.69 Å². The van der Waals surface area contributed by atoms with E-state index in [-0.39, 0.29) is 10.4 Å². The first-order valence-electron chi connectivity index (χ1n) is 7.15. The molecule has 0 aliphatic heterocycles. The lowest BCUT2D eigenvalue weighted by molar-refractivity contribution is 0.542. The summed E-state index contributed by atoms with van der Waals surface area (Å²) in [7, 11) is -2.02. The summed E-state index contributed by atoms with van der Waals surface area (Å²) in [6.45, 7) is 10.4. The number of imidazole rings is 1. The number of hydrogen-bond acceptors (Lipinski definition) is 4. The molecule has 0 aromatic carbocycles. The summed E-state index contributed by atoms with van der Waals surface area (Å²) in [6.07, 6.45) is 1.36. The average Bonchev–Trinajstić information content (AvgIpc) is 2.94. The van der Waals surface area contributed by atoms with Gasteiger partial charge in [-0.15, -0.1) is 0 Å². The first-order chi connectivity index (χ1) is 10.1. The second kappa shape index (κ2) is 5.42. The maximum Gasteiger partial charge on any atom is 0.280 e. The van der Waals surface area contributed by atoms with Gasteiger partial charge in [0, 0.05) is 25.1 Å². The monoisotopic (exact) mass is 325 g/mol. The zero-order valence-electron chi connectivity index (χ0n) is 13.9. The van der Waals surface area contributed by atoms with Gasteiger partial charge in [-0.25, -0.2) is 9.67 Å². The van der Waals surface area contributed by atoms with Crippen LogP contribution >= 0.6 is 0 Å². The number of nitrogens with zero attached hydrogens (tertiary/aromatic N) is 4. The summed E-state index contributed by atoms with van der Waals surface area (Å²) in [5.41, 5.74) is 0.692. The van der Waals surface area contributed by atoms with Gasteiger partial charge in [0.15, 0.2) is 5.03 Å². The molecule has 2 rings (SSSR count). The second-order valence-electron chi connectivity index (χ2n) is 6.29. The number of aromatic nitrogens is 4. The van der Waals surface area contributed by atoms with Gasteiger partial charge >= 0.3 is 0 Å². The average molecular weight is 325 g/mol. The molecule has 0 unspecified atom stereocenters. The zero-order valence-corrected chi connectivity index (χ0v) is 14.7. The van der Waals surface area contributed by atoms with Gasteiger partial charge in [-0.2, -0.15) is 13.5 Å². The van der Waals surface area contributed by atoms with Gasteiger partial charge in [-0.1, -0.05) is 20.8 Å². The van der Waals surface area contributed by atoms with Crippen molar-refractivity contribution >= 4 is 15.8 Å². The van der Waals surface area contributed by atoms with Crippen molar-refractivity contribution in [3.63, 3.8) is 0 Å². The zero-order chi connectivity index (χ0) is 16.7. The van der Waals surface area contributed by atoms with Crippen LogP contribution in [0.15, 0.2) is 17.3 Å². The highest BCUT2D eigenvalue weighted by atomic mass is 32.2. The topological polar surface area (TPSA) is 81.8 Å². The van der Waals surface area contributed by atoms with Gasteiger partial charge in [-0.05, 0) is 13.8 Å². The predicted octanol–water partition coefficient (Wildman–Crippen LogP) is 2.04. The third-order valence-corrected chi connectivity index (χ3v) is 4.95. The SMILES string of the molecule is CCn1nc(C(C)(C)C)cc1NS(=O)(=O)c1cnc(C)n1C. The number of anilines is 1. The highest BCUT2D eigenvalue weighted by molar-refractivity contribution is 7.92. The molecule has 0 bridgehead atoms. The normalized spacial score (nSPS) is 12.6. The summed E-state index contributed by atoms with van der Waals surface area (Å²) in [5, 5.41) is 4.60. The Balaban J connectivity index is 2.42. The lowest BCUT2D eigenvalue weighted by Gasteiger charge is -2.13. The molecule has 22 heavy (non-hydrogen) atoms. The molecule has 1 N–H and O–H groups in total. The van der Waals surface area contributed by atoms with Gasteiger partial charge in [0.2, 0.25) is 0 Å². The summed E-state index contributed by atoms with van der Waals surface area (Å²) in [6, 6.07) is 1.78. The molecule has 122 valence electrons. The molecular weight excluding hydrogens is 302 g/mol. The molecule has 0 saturated heterocycles. The third-order valence-electron chi connectivity index (χ3n) is 3.54. The van der Waals surface area contributed by atoms with E-state index in [1.165, 1.54) is 6.20 Å². The van der Waals surface area contributed by atoms with E-state index in [1.54, 1.807) is 29.3 Å². The predicted molar refractivity (Wildman–Crippen MR) is 85.4 cm³/mol. The smallest absolute Gasteiger partial charge is 0.280 e. The number of nitrogens with one attached hydrogen (secondary N) is 1. The summed E-state index contributed by atoms with van der Waals surface area (Å²) in [4.78, 5) is 4.03. The van der Waals surface area contributed by atoms with Crippen LogP contribution in [-0.2, 0) is 29.0 Å². The molecule has 0 aliphatic rings. The fraction of sp³-hybridized carbons (Fsp3) is 0.571. The molecule has 8 heteroatoms. The number of hydrogen-bond donors (Lipinski definition) is 1. The molecule has 0 saturated carbocycles. The fourth-order valence-corrected chi connectivity index (χ4v) is 3.26. The van der Waals surface area contributed by atoms with Crippen LogP contribution in [0.3, 0.4) is 0 Å². The lowest BCUT2D eigenvalue weighted by atomic mass is 9.92. The van der Waals surface area contributed by atoms with Crippen LogP contribution in [0.5, 0.6) is 0 Å². The maximum absolute atomic E-state index is 12.5. The molecule has 2 aromatic rings. The highest BCUT2D eigenvalue weighted by Crippen LogP contribution is 2.25. The molecular formula is C14H23N5O2S. The Kier molecular flexibility index (Phi) is 4.08. The van der Waals surface area contributed by atoms with Crippen LogP contribution in [-0.4, -0.2) is 27.7 Å². The van der Waals surface area contributed by atoms with E-state index in [0.29, 0.717) is 18.2 Å². The van der Waals surface area contributed by atoms with E-state index in [2.05, 4.69) is 14.8 Å². The highest BCUT2D eigenvalue weighted by Gasteiger charge is 2.24. The largest absolute Gasteiger partial charge is 0.321 e. The molecule has 0 amide bonds. The number of sulfonamides is 1. The quantitative estimate of drug-likeness (QED) is 0.932. The Morgan fingerprint density at radius 1 is 1.32 bits per heavy atom. The van der Waals surface area contributed by atoms with Crippen molar-refractivity contribution in [2.45, 2.75) is 51.6 Å². The van der Waals surface area contributed by atoms with Gasteiger partial charge in [0.05, 0.1) is 11.9 Å². The van der Waals surface area contributed by atoms with E-state index in [4.69, 9.17) is 0 Å². The van der Waals surface area contributed by atoms with Crippen LogP contribution in [0.25, 0.3) is 0 Å². The van der Waals surface area contributed by atoms with Crippen molar-refractivity contribution in [2.75, 3.05) is 4.72 Å². The Morgan fingerprint density at radius 2 is 1.95 bits per heavy atom. The van der Waals surface area contributed by atoms with Crippen molar-refractivity contribution in [1.82, 2.24) is 19.3 Å².